The molecule has 0 aliphatic carbocycles. The van der Waals surface area contributed by atoms with E-state index in [0.29, 0.717) is 19.4 Å². The lowest BCUT2D eigenvalue weighted by Crippen LogP contribution is -2.52. The number of carboxylic acids is 1. The third-order valence-electron chi connectivity index (χ3n) is 3.86. The van der Waals surface area contributed by atoms with Crippen LogP contribution in [0.3, 0.4) is 0 Å². The highest BCUT2D eigenvalue weighted by Crippen LogP contribution is 2.31. The van der Waals surface area contributed by atoms with E-state index in [9.17, 15) is 14.7 Å². The van der Waals surface area contributed by atoms with Gasteiger partial charge in [-0.3, -0.25) is 14.3 Å². The zero-order valence-corrected chi connectivity index (χ0v) is 12.4. The molecule has 1 fully saturated rings. The number of nitrogens with zero attached hydrogens (tertiary/aromatic N) is 3. The fourth-order valence-electron chi connectivity index (χ4n) is 2.77. The van der Waals surface area contributed by atoms with Crippen LogP contribution in [0.5, 0.6) is 0 Å². The van der Waals surface area contributed by atoms with Gasteiger partial charge in [0.1, 0.15) is 12.0 Å². The molecule has 1 atom stereocenters. The summed E-state index contributed by atoms with van der Waals surface area (Å²) in [7, 11) is 1.48. The fourth-order valence-corrected chi connectivity index (χ4v) is 2.77. The second kappa shape index (κ2) is 6.26. The van der Waals surface area contributed by atoms with E-state index in [4.69, 9.17) is 4.74 Å². The standard InChI is InChI=1S/C14H21N3O4/c1-11-6-15-17(7-11)8-12(18)16-5-3-4-14(9-16,10-21-2)13(19)20/h6-7H,3-5,8-10H2,1-2H3,(H,19,20). The monoisotopic (exact) mass is 295 g/mol. The van der Waals surface area contributed by atoms with Crippen LogP contribution in [0.15, 0.2) is 12.4 Å². The van der Waals surface area contributed by atoms with Gasteiger partial charge in [-0.15, -0.1) is 0 Å². The van der Waals surface area contributed by atoms with Gasteiger partial charge in [0, 0.05) is 26.4 Å². The predicted molar refractivity (Wildman–Crippen MR) is 74.7 cm³/mol. The molecule has 2 heterocycles. The van der Waals surface area contributed by atoms with E-state index in [2.05, 4.69) is 5.10 Å². The summed E-state index contributed by atoms with van der Waals surface area (Å²) in [5.41, 5.74) is -0.0106. The highest BCUT2D eigenvalue weighted by atomic mass is 16.5. The minimum Gasteiger partial charge on any atom is -0.481 e. The normalized spacial score (nSPS) is 22.3. The molecule has 1 saturated heterocycles. The molecular weight excluding hydrogens is 274 g/mol. The maximum atomic E-state index is 12.3. The van der Waals surface area contributed by atoms with Crippen molar-refractivity contribution in [1.29, 1.82) is 0 Å². The first kappa shape index (κ1) is 15.5. The number of ether oxygens (including phenoxy) is 1. The van der Waals surface area contributed by atoms with Crippen LogP contribution in [0.1, 0.15) is 18.4 Å². The van der Waals surface area contributed by atoms with Crippen molar-refractivity contribution in [3.05, 3.63) is 18.0 Å². The zero-order chi connectivity index (χ0) is 15.5. The molecule has 1 aliphatic rings. The van der Waals surface area contributed by atoms with Gasteiger partial charge >= 0.3 is 5.97 Å². The predicted octanol–water partition coefficient (Wildman–Crippen LogP) is 0.531. The number of hydrogen-bond acceptors (Lipinski definition) is 4. The number of carbonyl (C=O) groups is 2. The molecule has 0 aromatic carbocycles. The first-order valence-corrected chi connectivity index (χ1v) is 6.96. The molecule has 1 N–H and O–H groups in total. The van der Waals surface area contributed by atoms with Crippen LogP contribution in [0, 0.1) is 12.3 Å². The number of carboxylic acid groups (broad SMARTS) is 1. The van der Waals surface area contributed by atoms with Crippen LogP contribution < -0.4 is 0 Å². The van der Waals surface area contributed by atoms with Gasteiger partial charge in [-0.2, -0.15) is 5.10 Å². The Morgan fingerprint density at radius 2 is 2.29 bits per heavy atom. The Kier molecular flexibility index (Phi) is 4.62. The number of aromatic nitrogens is 2. The minimum atomic E-state index is -0.997. The summed E-state index contributed by atoms with van der Waals surface area (Å²) < 4.78 is 6.63. The van der Waals surface area contributed by atoms with Crippen LogP contribution in [0.2, 0.25) is 0 Å². The van der Waals surface area contributed by atoms with Gasteiger partial charge in [-0.25, -0.2) is 0 Å². The van der Waals surface area contributed by atoms with E-state index < -0.39 is 11.4 Å². The molecule has 1 aromatic heterocycles. The van der Waals surface area contributed by atoms with E-state index in [0.717, 1.165) is 5.56 Å². The number of aryl methyl sites for hydroxylation is 1. The molecule has 0 saturated carbocycles. The molecule has 7 nitrogen and oxygen atoms in total. The number of carbonyl (C=O) groups excluding carboxylic acids is 1. The van der Waals surface area contributed by atoms with Crippen molar-refractivity contribution in [1.82, 2.24) is 14.7 Å². The molecule has 7 heteroatoms. The van der Waals surface area contributed by atoms with Crippen molar-refractivity contribution in [3.8, 4) is 0 Å². The third kappa shape index (κ3) is 3.41. The summed E-state index contributed by atoms with van der Waals surface area (Å²) in [4.78, 5) is 25.5. The summed E-state index contributed by atoms with van der Waals surface area (Å²) in [6.45, 7) is 2.93. The van der Waals surface area contributed by atoms with Crippen LogP contribution in [-0.2, 0) is 20.9 Å². The lowest BCUT2D eigenvalue weighted by molar-refractivity contribution is -0.159. The van der Waals surface area contributed by atoms with Crippen LogP contribution in [-0.4, -0.2) is 58.5 Å². The highest BCUT2D eigenvalue weighted by molar-refractivity contribution is 5.79. The van der Waals surface area contributed by atoms with Crippen molar-refractivity contribution in [2.75, 3.05) is 26.8 Å². The maximum Gasteiger partial charge on any atom is 0.313 e. The molecule has 1 aliphatic heterocycles. The summed E-state index contributed by atoms with van der Waals surface area (Å²) in [5.74, 6) is -1.02. The molecule has 1 aromatic rings. The molecule has 1 amide bonds. The largest absolute Gasteiger partial charge is 0.481 e. The summed E-state index contributed by atoms with van der Waals surface area (Å²) in [6.07, 6.45) is 4.68. The van der Waals surface area contributed by atoms with Gasteiger partial charge in [-0.1, -0.05) is 0 Å². The Bertz CT molecular complexity index is 524. The maximum absolute atomic E-state index is 12.3. The number of aliphatic carboxylic acids is 1. The molecule has 0 spiro atoms. The first-order valence-electron chi connectivity index (χ1n) is 6.96. The molecule has 0 bridgehead atoms. The topological polar surface area (TPSA) is 84.7 Å². The van der Waals surface area contributed by atoms with E-state index in [-0.39, 0.29) is 25.6 Å². The Balaban J connectivity index is 2.05. The lowest BCUT2D eigenvalue weighted by Gasteiger charge is -2.39. The molecule has 0 radical (unpaired) electrons. The molecule has 1 unspecified atom stereocenters. The molecule has 2 rings (SSSR count). The van der Waals surface area contributed by atoms with Crippen LogP contribution in [0.4, 0.5) is 0 Å². The van der Waals surface area contributed by atoms with Gasteiger partial charge in [-0.05, 0) is 25.3 Å². The number of rotatable bonds is 5. The zero-order valence-electron chi connectivity index (χ0n) is 12.4. The average molecular weight is 295 g/mol. The number of likely N-dealkylation sites (tertiary alicyclic amines) is 1. The van der Waals surface area contributed by atoms with Gasteiger partial charge in [0.15, 0.2) is 0 Å². The third-order valence-corrected chi connectivity index (χ3v) is 3.86. The van der Waals surface area contributed by atoms with E-state index in [1.807, 2.05) is 6.92 Å². The van der Waals surface area contributed by atoms with Crippen LogP contribution in [0.25, 0.3) is 0 Å². The van der Waals surface area contributed by atoms with Gasteiger partial charge in [0.05, 0.1) is 12.8 Å². The number of hydrogen-bond donors (Lipinski definition) is 1. The number of piperidine rings is 1. The second-order valence-corrected chi connectivity index (χ2v) is 5.65. The van der Waals surface area contributed by atoms with Crippen molar-refractivity contribution in [2.45, 2.75) is 26.3 Å². The summed E-state index contributed by atoms with van der Waals surface area (Å²) >= 11 is 0. The van der Waals surface area contributed by atoms with Gasteiger partial charge in [0.25, 0.3) is 0 Å². The van der Waals surface area contributed by atoms with E-state index in [1.54, 1.807) is 22.0 Å². The Morgan fingerprint density at radius 3 is 2.86 bits per heavy atom. The summed E-state index contributed by atoms with van der Waals surface area (Å²) in [5, 5.41) is 13.6. The second-order valence-electron chi connectivity index (χ2n) is 5.65. The van der Waals surface area contributed by atoms with Crippen molar-refractivity contribution in [3.63, 3.8) is 0 Å². The van der Waals surface area contributed by atoms with E-state index in [1.165, 1.54) is 7.11 Å². The Labute approximate surface area is 123 Å². The Hall–Kier alpha value is -1.89. The fraction of sp³-hybridized carbons (Fsp3) is 0.643. The minimum absolute atomic E-state index is 0.112. The molecule has 116 valence electrons. The van der Waals surface area contributed by atoms with E-state index >= 15 is 0 Å². The number of methoxy groups -OCH3 is 1. The smallest absolute Gasteiger partial charge is 0.313 e. The Morgan fingerprint density at radius 1 is 1.52 bits per heavy atom. The van der Waals surface area contributed by atoms with Crippen molar-refractivity contribution in [2.24, 2.45) is 5.41 Å². The van der Waals surface area contributed by atoms with Crippen molar-refractivity contribution >= 4 is 11.9 Å². The highest BCUT2D eigenvalue weighted by Gasteiger charge is 2.43. The lowest BCUT2D eigenvalue weighted by atomic mass is 9.80. The van der Waals surface area contributed by atoms with Crippen molar-refractivity contribution < 1.29 is 19.4 Å². The quantitative estimate of drug-likeness (QED) is 0.856. The molecule has 21 heavy (non-hydrogen) atoms. The molecular formula is C14H21N3O4. The first-order chi connectivity index (χ1) is 9.97. The average Bonchev–Trinajstić information content (AvgIpc) is 2.84. The summed E-state index contributed by atoms with van der Waals surface area (Å²) in [6, 6.07) is 0. The van der Waals surface area contributed by atoms with Gasteiger partial charge in [0.2, 0.25) is 5.91 Å². The number of amides is 1. The van der Waals surface area contributed by atoms with Gasteiger partial charge < -0.3 is 14.7 Å². The SMILES string of the molecule is COCC1(C(=O)O)CCCN(C(=O)Cn2cc(C)cn2)C1. The van der Waals surface area contributed by atoms with Crippen LogP contribution >= 0.6 is 0 Å².